The topological polar surface area (TPSA) is 91.0 Å². The van der Waals surface area contributed by atoms with Crippen molar-refractivity contribution in [3.8, 4) is 11.4 Å². The normalized spacial score (nSPS) is 10.8. The van der Waals surface area contributed by atoms with Crippen LogP contribution in [0.3, 0.4) is 0 Å². The third-order valence-corrected chi connectivity index (χ3v) is 4.53. The number of methoxy groups -OCH3 is 1. The van der Waals surface area contributed by atoms with E-state index < -0.39 is 5.91 Å². The number of benzene rings is 2. The van der Waals surface area contributed by atoms with Crippen molar-refractivity contribution >= 4 is 22.5 Å². The second kappa shape index (κ2) is 6.99. The van der Waals surface area contributed by atoms with E-state index in [-0.39, 0.29) is 11.1 Å². The highest BCUT2D eigenvalue weighted by atomic mass is 16.5. The molecule has 0 unspecified atom stereocenters. The molecule has 0 aliphatic rings. The van der Waals surface area contributed by atoms with Crippen molar-refractivity contribution in [1.29, 1.82) is 0 Å². The molecule has 0 saturated heterocycles. The van der Waals surface area contributed by atoms with Crippen molar-refractivity contribution in [3.63, 3.8) is 0 Å². The summed E-state index contributed by atoms with van der Waals surface area (Å²) in [6.45, 7) is 0. The van der Waals surface area contributed by atoms with Gasteiger partial charge in [-0.3, -0.25) is 14.2 Å². The fraction of sp³-hybridized carbons (Fsp3) is 0.100. The van der Waals surface area contributed by atoms with Crippen LogP contribution in [-0.4, -0.2) is 32.3 Å². The number of nitrogens with one attached hydrogen (secondary N) is 1. The van der Waals surface area contributed by atoms with Crippen LogP contribution in [0.2, 0.25) is 0 Å². The number of carbonyl (C=O) groups excluding carboxylic acids is 1. The molecule has 28 heavy (non-hydrogen) atoms. The quantitative estimate of drug-likeness (QED) is 0.591. The van der Waals surface area contributed by atoms with Gasteiger partial charge in [0.2, 0.25) is 0 Å². The summed E-state index contributed by atoms with van der Waals surface area (Å²) >= 11 is 0. The monoisotopic (exact) mass is 375 g/mol. The molecule has 1 N–H and O–H groups in total. The molecule has 0 aliphatic heterocycles. The van der Waals surface area contributed by atoms with Gasteiger partial charge in [0.25, 0.3) is 11.5 Å². The van der Waals surface area contributed by atoms with Crippen molar-refractivity contribution in [2.24, 2.45) is 7.05 Å². The fourth-order valence-corrected chi connectivity index (χ4v) is 3.06. The zero-order valence-corrected chi connectivity index (χ0v) is 15.3. The number of fused-ring (bicyclic) bond motifs is 1. The zero-order valence-electron chi connectivity index (χ0n) is 15.3. The van der Waals surface area contributed by atoms with Gasteiger partial charge in [0.15, 0.2) is 0 Å². The molecule has 8 nitrogen and oxygen atoms in total. The number of hydrogen-bond acceptors (Lipinski definition) is 5. The molecule has 2 heterocycles. The van der Waals surface area contributed by atoms with Crippen LogP contribution in [0, 0.1) is 0 Å². The smallest absolute Gasteiger partial charge is 0.263 e. The Labute approximate surface area is 160 Å². The third-order valence-electron chi connectivity index (χ3n) is 4.53. The van der Waals surface area contributed by atoms with Gasteiger partial charge in [-0.2, -0.15) is 0 Å². The van der Waals surface area contributed by atoms with Gasteiger partial charge < -0.3 is 14.6 Å². The molecule has 0 aliphatic carbocycles. The molecule has 0 radical (unpaired) electrons. The van der Waals surface area contributed by atoms with Gasteiger partial charge in [-0.05, 0) is 35.7 Å². The van der Waals surface area contributed by atoms with Crippen LogP contribution in [0.5, 0.6) is 5.75 Å². The molecule has 0 spiro atoms. The number of amides is 1. The van der Waals surface area contributed by atoms with Crippen LogP contribution in [0.4, 0.5) is 5.69 Å². The summed E-state index contributed by atoms with van der Waals surface area (Å²) in [7, 11) is 3.16. The molecule has 0 saturated carbocycles. The van der Waals surface area contributed by atoms with Crippen molar-refractivity contribution in [2.45, 2.75) is 0 Å². The van der Waals surface area contributed by atoms with Crippen LogP contribution in [-0.2, 0) is 7.05 Å². The highest BCUT2D eigenvalue weighted by molar-refractivity contribution is 6.06. The number of aromatic nitrogens is 4. The first-order valence-corrected chi connectivity index (χ1v) is 8.51. The van der Waals surface area contributed by atoms with Gasteiger partial charge >= 0.3 is 0 Å². The fourth-order valence-electron chi connectivity index (χ4n) is 3.06. The second-order valence-electron chi connectivity index (χ2n) is 6.19. The maximum Gasteiger partial charge on any atom is 0.263 e. The van der Waals surface area contributed by atoms with Crippen molar-refractivity contribution in [3.05, 3.63) is 77.1 Å². The molecule has 1 amide bonds. The lowest BCUT2D eigenvalue weighted by Crippen LogP contribution is -2.28. The summed E-state index contributed by atoms with van der Waals surface area (Å²) in [6.07, 6.45) is 3.10. The van der Waals surface area contributed by atoms with Gasteiger partial charge in [0.05, 0.1) is 24.0 Å². The first-order chi connectivity index (χ1) is 13.6. The summed E-state index contributed by atoms with van der Waals surface area (Å²) in [5, 5.41) is 11.1. The minimum Gasteiger partial charge on any atom is -0.495 e. The standard InChI is InChI=1S/C20H17N5O3/c1-24-17-6-4-3-5-13(17)9-15(20(24)27)19(26)23-16-10-14(7-8-18(16)28-2)25-11-21-22-12-25/h3-12H,1-2H3,(H,23,26). The number of anilines is 1. The maximum absolute atomic E-state index is 12.9. The van der Waals surface area contributed by atoms with Gasteiger partial charge in [-0.15, -0.1) is 10.2 Å². The van der Waals surface area contributed by atoms with Gasteiger partial charge in [0, 0.05) is 7.05 Å². The zero-order chi connectivity index (χ0) is 19.7. The van der Waals surface area contributed by atoms with E-state index in [0.717, 1.165) is 16.6 Å². The Morgan fingerprint density at radius 3 is 2.57 bits per heavy atom. The molecule has 140 valence electrons. The van der Waals surface area contributed by atoms with Crippen molar-refractivity contribution in [2.75, 3.05) is 12.4 Å². The molecule has 2 aromatic carbocycles. The second-order valence-corrected chi connectivity index (χ2v) is 6.19. The SMILES string of the molecule is COc1ccc(-n2cnnc2)cc1NC(=O)c1cc2ccccc2n(C)c1=O. The highest BCUT2D eigenvalue weighted by Gasteiger charge is 2.16. The van der Waals surface area contributed by atoms with Gasteiger partial charge in [-0.1, -0.05) is 18.2 Å². The lowest BCUT2D eigenvalue weighted by Gasteiger charge is -2.13. The first kappa shape index (κ1) is 17.5. The van der Waals surface area contributed by atoms with Crippen LogP contribution in [0.15, 0.2) is 66.0 Å². The number of nitrogens with zero attached hydrogens (tertiary/aromatic N) is 4. The van der Waals surface area contributed by atoms with Crippen molar-refractivity contribution < 1.29 is 9.53 Å². The Bertz CT molecular complexity index is 1230. The maximum atomic E-state index is 12.9. The number of para-hydroxylation sites is 1. The summed E-state index contributed by atoms with van der Waals surface area (Å²) in [5.41, 5.74) is 1.63. The molecule has 0 fully saturated rings. The van der Waals surface area contributed by atoms with E-state index in [1.54, 1.807) is 42.5 Å². The van der Waals surface area contributed by atoms with Crippen molar-refractivity contribution in [1.82, 2.24) is 19.3 Å². The molecule has 8 heteroatoms. The van der Waals surface area contributed by atoms with Gasteiger partial charge in [0.1, 0.15) is 24.0 Å². The Hall–Kier alpha value is -3.94. The lowest BCUT2D eigenvalue weighted by molar-refractivity contribution is 0.102. The molecule has 0 atom stereocenters. The molecular formula is C20H17N5O3. The molecule has 4 rings (SSSR count). The first-order valence-electron chi connectivity index (χ1n) is 8.51. The van der Waals surface area contributed by atoms with E-state index in [2.05, 4.69) is 15.5 Å². The predicted molar refractivity (Wildman–Crippen MR) is 105 cm³/mol. The largest absolute Gasteiger partial charge is 0.495 e. The summed E-state index contributed by atoms with van der Waals surface area (Å²) in [5.74, 6) is -0.0339. The van der Waals surface area contributed by atoms with Gasteiger partial charge in [-0.25, -0.2) is 0 Å². The van der Waals surface area contributed by atoms with E-state index in [0.29, 0.717) is 11.4 Å². The Morgan fingerprint density at radius 2 is 1.82 bits per heavy atom. The number of carbonyl (C=O) groups is 1. The van der Waals surface area contributed by atoms with Crippen LogP contribution < -0.4 is 15.6 Å². The minimum absolute atomic E-state index is 0.0537. The highest BCUT2D eigenvalue weighted by Crippen LogP contribution is 2.27. The van der Waals surface area contributed by atoms with E-state index in [1.165, 1.54) is 11.7 Å². The van der Waals surface area contributed by atoms with E-state index in [4.69, 9.17) is 4.74 Å². The van der Waals surface area contributed by atoms with Crippen LogP contribution in [0.1, 0.15) is 10.4 Å². The summed E-state index contributed by atoms with van der Waals surface area (Å²) < 4.78 is 8.51. The number of pyridine rings is 1. The van der Waals surface area contributed by atoms with E-state index >= 15 is 0 Å². The van der Waals surface area contributed by atoms with Crippen LogP contribution >= 0.6 is 0 Å². The third kappa shape index (κ3) is 3.01. The van der Waals surface area contributed by atoms with E-state index in [9.17, 15) is 9.59 Å². The number of hydrogen-bond donors (Lipinski definition) is 1. The number of aryl methyl sites for hydroxylation is 1. The molecular weight excluding hydrogens is 358 g/mol. The number of rotatable bonds is 4. The van der Waals surface area contributed by atoms with E-state index in [1.807, 2.05) is 30.3 Å². The average molecular weight is 375 g/mol. The molecule has 0 bridgehead atoms. The Morgan fingerprint density at radius 1 is 1.07 bits per heavy atom. The summed E-state index contributed by atoms with van der Waals surface area (Å²) in [6, 6.07) is 14.3. The molecule has 2 aromatic heterocycles. The van der Waals surface area contributed by atoms with Crippen LogP contribution in [0.25, 0.3) is 16.6 Å². The minimum atomic E-state index is -0.509. The predicted octanol–water partition coefficient (Wildman–Crippen LogP) is 2.38. The lowest BCUT2D eigenvalue weighted by atomic mass is 10.1. The average Bonchev–Trinajstić information content (AvgIpc) is 3.25. The molecule has 4 aromatic rings. The summed E-state index contributed by atoms with van der Waals surface area (Å²) in [4.78, 5) is 25.6. The Balaban J connectivity index is 1.75. The Kier molecular flexibility index (Phi) is 4.36. The number of ether oxygens (including phenoxy) is 1.